The molecule has 76 valence electrons. The summed E-state index contributed by atoms with van der Waals surface area (Å²) < 4.78 is 4.69. The van der Waals surface area contributed by atoms with E-state index in [0.29, 0.717) is 6.42 Å². The van der Waals surface area contributed by atoms with Gasteiger partial charge in [-0.2, -0.15) is 0 Å². The van der Waals surface area contributed by atoms with Gasteiger partial charge in [-0.1, -0.05) is 6.58 Å². The zero-order valence-electron chi connectivity index (χ0n) is 7.62. The Balaban J connectivity index is 2.25. The lowest BCUT2D eigenvalue weighted by Gasteiger charge is -2.04. The Hall–Kier alpha value is -1.65. The molecule has 1 saturated heterocycles. The number of hydrogen-bond acceptors (Lipinski definition) is 4. The summed E-state index contributed by atoms with van der Waals surface area (Å²) in [5.41, 5.74) is 0. The monoisotopic (exact) mass is 197 g/mol. The lowest BCUT2D eigenvalue weighted by atomic mass is 10.1. The Bertz CT molecular complexity index is 285. The van der Waals surface area contributed by atoms with Gasteiger partial charge in [0.2, 0.25) is 11.8 Å². The minimum atomic E-state index is -0.519. The van der Waals surface area contributed by atoms with Gasteiger partial charge in [-0.3, -0.25) is 14.9 Å². The highest BCUT2D eigenvalue weighted by atomic mass is 16.5. The first kappa shape index (κ1) is 10.4. The molecular formula is C9H11NO4. The first-order valence-electron chi connectivity index (χ1n) is 4.26. The molecule has 1 unspecified atom stereocenters. The van der Waals surface area contributed by atoms with Crippen LogP contribution in [0.1, 0.15) is 12.8 Å². The van der Waals surface area contributed by atoms with E-state index >= 15 is 0 Å². The van der Waals surface area contributed by atoms with Crippen molar-refractivity contribution in [2.24, 2.45) is 5.92 Å². The van der Waals surface area contributed by atoms with Gasteiger partial charge in [0.25, 0.3) is 0 Å². The van der Waals surface area contributed by atoms with Crippen LogP contribution in [0.5, 0.6) is 0 Å². The van der Waals surface area contributed by atoms with E-state index in [1.54, 1.807) is 0 Å². The molecule has 14 heavy (non-hydrogen) atoms. The van der Waals surface area contributed by atoms with Crippen molar-refractivity contribution in [1.29, 1.82) is 0 Å². The SMILES string of the molecule is C=CC(=O)OCCC1CC(=O)NC1=O. The number of rotatable bonds is 4. The highest BCUT2D eigenvalue weighted by Crippen LogP contribution is 2.14. The molecule has 5 heteroatoms. The first-order chi connectivity index (χ1) is 6.63. The fourth-order valence-corrected chi connectivity index (χ4v) is 1.20. The van der Waals surface area contributed by atoms with Crippen molar-refractivity contribution in [3.63, 3.8) is 0 Å². The summed E-state index contributed by atoms with van der Waals surface area (Å²) in [5, 5.41) is 2.18. The number of carbonyl (C=O) groups excluding carboxylic acids is 3. The van der Waals surface area contributed by atoms with Crippen LogP contribution in [0, 0.1) is 5.92 Å². The van der Waals surface area contributed by atoms with Gasteiger partial charge >= 0.3 is 5.97 Å². The van der Waals surface area contributed by atoms with Crippen LogP contribution >= 0.6 is 0 Å². The molecule has 0 aromatic rings. The third-order valence-electron chi connectivity index (χ3n) is 1.94. The molecule has 1 rings (SSSR count). The molecule has 0 radical (unpaired) electrons. The standard InChI is InChI=1S/C9H11NO4/c1-2-8(12)14-4-3-6-5-7(11)10-9(6)13/h2,6H,1,3-5H2,(H,10,11,13). The molecule has 0 bridgehead atoms. The lowest BCUT2D eigenvalue weighted by Crippen LogP contribution is -2.22. The fourth-order valence-electron chi connectivity index (χ4n) is 1.20. The normalized spacial score (nSPS) is 20.4. The molecule has 2 amide bonds. The molecule has 1 aliphatic rings. The maximum Gasteiger partial charge on any atom is 0.330 e. The average molecular weight is 197 g/mol. The number of hydrogen-bond donors (Lipinski definition) is 1. The largest absolute Gasteiger partial charge is 0.463 e. The van der Waals surface area contributed by atoms with Gasteiger partial charge in [0.1, 0.15) is 0 Å². The average Bonchev–Trinajstić information content (AvgIpc) is 2.45. The summed E-state index contributed by atoms with van der Waals surface area (Å²) in [6.07, 6.45) is 1.61. The quantitative estimate of drug-likeness (QED) is 0.384. The van der Waals surface area contributed by atoms with Gasteiger partial charge in [-0.15, -0.1) is 0 Å². The number of esters is 1. The molecule has 1 heterocycles. The zero-order valence-corrected chi connectivity index (χ0v) is 7.62. The zero-order chi connectivity index (χ0) is 10.6. The molecule has 0 spiro atoms. The summed E-state index contributed by atoms with van der Waals surface area (Å²) in [7, 11) is 0. The van der Waals surface area contributed by atoms with Gasteiger partial charge in [0.15, 0.2) is 0 Å². The number of carbonyl (C=O) groups is 3. The first-order valence-corrected chi connectivity index (χ1v) is 4.26. The molecule has 5 nitrogen and oxygen atoms in total. The predicted octanol–water partition coefficient (Wildman–Crippen LogP) is -0.232. The van der Waals surface area contributed by atoms with Crippen LogP contribution in [0.2, 0.25) is 0 Å². The highest BCUT2D eigenvalue weighted by Gasteiger charge is 2.30. The van der Waals surface area contributed by atoms with Crippen LogP contribution < -0.4 is 5.32 Å². The van der Waals surface area contributed by atoms with Crippen molar-refractivity contribution in [1.82, 2.24) is 5.32 Å². The molecule has 1 N–H and O–H groups in total. The second-order valence-electron chi connectivity index (χ2n) is 2.97. The molecule has 0 saturated carbocycles. The Morgan fingerprint density at radius 2 is 2.36 bits per heavy atom. The summed E-state index contributed by atoms with van der Waals surface area (Å²) in [6.45, 7) is 3.37. The van der Waals surface area contributed by atoms with Crippen molar-refractivity contribution in [2.75, 3.05) is 6.61 Å². The minimum absolute atomic E-state index is 0.135. The van der Waals surface area contributed by atoms with E-state index in [-0.39, 0.29) is 30.8 Å². The Kier molecular flexibility index (Phi) is 3.39. The van der Waals surface area contributed by atoms with Crippen molar-refractivity contribution in [3.8, 4) is 0 Å². The Morgan fingerprint density at radius 3 is 2.86 bits per heavy atom. The van der Waals surface area contributed by atoms with E-state index in [9.17, 15) is 14.4 Å². The van der Waals surface area contributed by atoms with Crippen molar-refractivity contribution in [2.45, 2.75) is 12.8 Å². The predicted molar refractivity (Wildman–Crippen MR) is 47.0 cm³/mol. The van der Waals surface area contributed by atoms with Crippen LogP contribution in [0.3, 0.4) is 0 Å². The summed E-state index contributed by atoms with van der Waals surface area (Å²) in [6, 6.07) is 0. The molecule has 1 aliphatic heterocycles. The maximum atomic E-state index is 11.0. The lowest BCUT2D eigenvalue weighted by molar-refractivity contribution is -0.139. The van der Waals surface area contributed by atoms with Crippen LogP contribution in [0.15, 0.2) is 12.7 Å². The van der Waals surface area contributed by atoms with E-state index in [4.69, 9.17) is 0 Å². The minimum Gasteiger partial charge on any atom is -0.463 e. The van der Waals surface area contributed by atoms with Crippen molar-refractivity contribution < 1.29 is 19.1 Å². The molecule has 0 aromatic heterocycles. The summed E-state index contributed by atoms with van der Waals surface area (Å²) >= 11 is 0. The molecule has 0 aliphatic carbocycles. The third-order valence-corrected chi connectivity index (χ3v) is 1.94. The molecular weight excluding hydrogens is 186 g/mol. The highest BCUT2D eigenvalue weighted by molar-refractivity contribution is 6.03. The van der Waals surface area contributed by atoms with Crippen LogP contribution in [0.25, 0.3) is 0 Å². The van der Waals surface area contributed by atoms with E-state index in [2.05, 4.69) is 16.6 Å². The Morgan fingerprint density at radius 1 is 1.64 bits per heavy atom. The van der Waals surface area contributed by atoms with E-state index in [1.165, 1.54) is 0 Å². The van der Waals surface area contributed by atoms with E-state index in [0.717, 1.165) is 6.08 Å². The topological polar surface area (TPSA) is 72.5 Å². The smallest absolute Gasteiger partial charge is 0.330 e. The van der Waals surface area contributed by atoms with Crippen molar-refractivity contribution in [3.05, 3.63) is 12.7 Å². The third kappa shape index (κ3) is 2.69. The summed E-state index contributed by atoms with van der Waals surface area (Å²) in [5.74, 6) is -1.44. The van der Waals surface area contributed by atoms with Crippen molar-refractivity contribution >= 4 is 17.8 Å². The summed E-state index contributed by atoms with van der Waals surface area (Å²) in [4.78, 5) is 32.4. The van der Waals surface area contributed by atoms with Gasteiger partial charge in [-0.25, -0.2) is 4.79 Å². The van der Waals surface area contributed by atoms with Gasteiger partial charge < -0.3 is 4.74 Å². The van der Waals surface area contributed by atoms with Gasteiger partial charge in [0, 0.05) is 12.5 Å². The van der Waals surface area contributed by atoms with Crippen LogP contribution in [-0.4, -0.2) is 24.4 Å². The molecule has 0 aromatic carbocycles. The molecule has 1 fully saturated rings. The van der Waals surface area contributed by atoms with Gasteiger partial charge in [0.05, 0.1) is 12.5 Å². The molecule has 1 atom stereocenters. The number of nitrogens with one attached hydrogen (secondary N) is 1. The second-order valence-corrected chi connectivity index (χ2v) is 2.97. The van der Waals surface area contributed by atoms with Crippen LogP contribution in [-0.2, 0) is 19.1 Å². The van der Waals surface area contributed by atoms with Gasteiger partial charge in [-0.05, 0) is 6.42 Å². The number of imide groups is 1. The van der Waals surface area contributed by atoms with Crippen LogP contribution in [0.4, 0.5) is 0 Å². The number of amides is 2. The fraction of sp³-hybridized carbons (Fsp3) is 0.444. The maximum absolute atomic E-state index is 11.0. The van der Waals surface area contributed by atoms with E-state index in [1.807, 2.05) is 0 Å². The second kappa shape index (κ2) is 4.55. The Labute approximate surface area is 81.1 Å². The number of ether oxygens (including phenoxy) is 1. The van der Waals surface area contributed by atoms with E-state index < -0.39 is 5.97 Å².